The van der Waals surface area contributed by atoms with E-state index >= 15 is 0 Å². The molecule has 3 heterocycles. The van der Waals surface area contributed by atoms with Crippen molar-refractivity contribution in [3.8, 4) is 11.3 Å². The van der Waals surface area contributed by atoms with Crippen molar-refractivity contribution in [2.24, 2.45) is 0 Å². The second kappa shape index (κ2) is 8.78. The Morgan fingerprint density at radius 1 is 1.16 bits per heavy atom. The average molecular weight is 430 g/mol. The minimum Gasteiger partial charge on any atom is -0.445 e. The number of likely N-dealkylation sites (tertiary alicyclic amines) is 1. The van der Waals surface area contributed by atoms with Crippen LogP contribution in [0.2, 0.25) is 0 Å². The molecule has 0 radical (unpaired) electrons. The summed E-state index contributed by atoms with van der Waals surface area (Å²) in [6, 6.07) is 18.1. The molecule has 6 nitrogen and oxygen atoms in total. The van der Waals surface area contributed by atoms with Gasteiger partial charge in [0, 0.05) is 25.1 Å². The van der Waals surface area contributed by atoms with Crippen LogP contribution in [0.25, 0.3) is 11.3 Å². The van der Waals surface area contributed by atoms with Crippen LogP contribution in [0.4, 0.5) is 4.39 Å². The number of oxazole rings is 1. The largest absolute Gasteiger partial charge is 0.445 e. The number of aromatic nitrogens is 3. The lowest BCUT2D eigenvalue weighted by Crippen LogP contribution is -2.39. The van der Waals surface area contributed by atoms with Gasteiger partial charge in [0.15, 0.2) is 5.89 Å². The van der Waals surface area contributed by atoms with Crippen molar-refractivity contribution in [1.29, 1.82) is 0 Å². The van der Waals surface area contributed by atoms with Crippen molar-refractivity contribution in [1.82, 2.24) is 20.1 Å². The molecular formula is C25H23FN4O2. The van der Waals surface area contributed by atoms with Crippen LogP contribution in [0.3, 0.4) is 0 Å². The predicted octanol–water partition coefficient (Wildman–Crippen LogP) is 4.81. The molecule has 0 bridgehead atoms. The third kappa shape index (κ3) is 4.19. The highest BCUT2D eigenvalue weighted by Gasteiger charge is 2.29. The van der Waals surface area contributed by atoms with E-state index in [1.165, 1.54) is 11.6 Å². The first kappa shape index (κ1) is 20.2. The lowest BCUT2D eigenvalue weighted by atomic mass is 9.97. The first-order valence-electron chi connectivity index (χ1n) is 10.8. The Balaban J connectivity index is 1.27. The zero-order valence-electron chi connectivity index (χ0n) is 17.5. The number of hydrogen-bond acceptors (Lipinski definition) is 4. The number of hydrogen-bond donors (Lipinski definition) is 1. The zero-order valence-corrected chi connectivity index (χ0v) is 17.5. The number of carbonyl (C=O) groups excluding carboxylic acids is 1. The van der Waals surface area contributed by atoms with Crippen molar-refractivity contribution >= 4 is 5.91 Å². The van der Waals surface area contributed by atoms with Crippen molar-refractivity contribution in [3.63, 3.8) is 0 Å². The molecule has 1 N–H and O–H groups in total. The monoisotopic (exact) mass is 430 g/mol. The molecule has 0 unspecified atom stereocenters. The van der Waals surface area contributed by atoms with Gasteiger partial charge >= 0.3 is 0 Å². The maximum atomic E-state index is 14.1. The number of rotatable bonds is 5. The second-order valence-corrected chi connectivity index (χ2v) is 8.06. The fourth-order valence-electron chi connectivity index (χ4n) is 4.16. The SMILES string of the molecule is O=C(c1cc(-c2ccccc2F)n[nH]1)N1CCC[C@@H](c2ncc(Cc3ccccc3)o2)C1. The van der Waals surface area contributed by atoms with Gasteiger partial charge in [-0.05, 0) is 36.6 Å². The number of halogens is 1. The van der Waals surface area contributed by atoms with E-state index in [2.05, 4.69) is 27.3 Å². The molecular weight excluding hydrogens is 407 g/mol. The topological polar surface area (TPSA) is 75.0 Å². The molecule has 0 saturated carbocycles. The van der Waals surface area contributed by atoms with Crippen LogP contribution in [0.15, 0.2) is 71.3 Å². The van der Waals surface area contributed by atoms with Gasteiger partial charge < -0.3 is 9.32 Å². The summed E-state index contributed by atoms with van der Waals surface area (Å²) in [6.07, 6.45) is 4.24. The summed E-state index contributed by atoms with van der Waals surface area (Å²) >= 11 is 0. The van der Waals surface area contributed by atoms with Gasteiger partial charge in [-0.1, -0.05) is 42.5 Å². The van der Waals surface area contributed by atoms with E-state index in [1.807, 2.05) is 18.2 Å². The van der Waals surface area contributed by atoms with E-state index in [1.54, 1.807) is 35.4 Å². The van der Waals surface area contributed by atoms with Gasteiger partial charge in [-0.2, -0.15) is 5.10 Å². The minimum absolute atomic E-state index is 0.0474. The molecule has 0 aliphatic carbocycles. The third-order valence-electron chi connectivity index (χ3n) is 5.81. The van der Waals surface area contributed by atoms with E-state index in [9.17, 15) is 9.18 Å². The highest BCUT2D eigenvalue weighted by atomic mass is 19.1. The number of nitrogens with zero attached hydrogens (tertiary/aromatic N) is 3. The van der Waals surface area contributed by atoms with Crippen LogP contribution in [-0.2, 0) is 6.42 Å². The van der Waals surface area contributed by atoms with Gasteiger partial charge in [0.2, 0.25) is 0 Å². The van der Waals surface area contributed by atoms with E-state index in [0.717, 1.165) is 18.6 Å². The van der Waals surface area contributed by atoms with Gasteiger partial charge in [-0.15, -0.1) is 0 Å². The summed E-state index contributed by atoms with van der Waals surface area (Å²) in [5.41, 5.74) is 2.30. The maximum absolute atomic E-state index is 14.1. The highest BCUT2D eigenvalue weighted by molar-refractivity contribution is 5.93. The van der Waals surface area contributed by atoms with Gasteiger partial charge in [-0.3, -0.25) is 9.89 Å². The summed E-state index contributed by atoms with van der Waals surface area (Å²) in [5, 5.41) is 6.91. The lowest BCUT2D eigenvalue weighted by Gasteiger charge is -2.30. The molecule has 1 aliphatic heterocycles. The Hall–Kier alpha value is -3.74. The number of benzene rings is 2. The Morgan fingerprint density at radius 3 is 2.81 bits per heavy atom. The Morgan fingerprint density at radius 2 is 1.97 bits per heavy atom. The molecule has 5 rings (SSSR count). The maximum Gasteiger partial charge on any atom is 0.271 e. The van der Waals surface area contributed by atoms with Gasteiger partial charge in [0.1, 0.15) is 17.3 Å². The first-order valence-corrected chi connectivity index (χ1v) is 10.8. The van der Waals surface area contributed by atoms with E-state index in [0.29, 0.717) is 42.4 Å². The van der Waals surface area contributed by atoms with Gasteiger partial charge in [-0.25, -0.2) is 9.37 Å². The average Bonchev–Trinajstić information content (AvgIpc) is 3.50. The Labute approximate surface area is 185 Å². The van der Waals surface area contributed by atoms with Gasteiger partial charge in [0.25, 0.3) is 5.91 Å². The van der Waals surface area contributed by atoms with Crippen LogP contribution in [0, 0.1) is 5.82 Å². The summed E-state index contributed by atoms with van der Waals surface area (Å²) in [7, 11) is 0. The van der Waals surface area contributed by atoms with E-state index in [-0.39, 0.29) is 17.6 Å². The molecule has 2 aromatic heterocycles. The smallest absolute Gasteiger partial charge is 0.271 e. The number of nitrogens with one attached hydrogen (secondary N) is 1. The third-order valence-corrected chi connectivity index (χ3v) is 5.81. The summed E-state index contributed by atoms with van der Waals surface area (Å²) in [5.74, 6) is 1.01. The molecule has 2 aromatic carbocycles. The zero-order chi connectivity index (χ0) is 21.9. The second-order valence-electron chi connectivity index (χ2n) is 8.06. The van der Waals surface area contributed by atoms with Crippen molar-refractivity contribution in [3.05, 3.63) is 95.6 Å². The normalized spacial score (nSPS) is 16.3. The molecule has 32 heavy (non-hydrogen) atoms. The fourth-order valence-corrected chi connectivity index (χ4v) is 4.16. The Kier molecular flexibility index (Phi) is 5.54. The highest BCUT2D eigenvalue weighted by Crippen LogP contribution is 2.28. The number of H-pyrrole nitrogens is 1. The molecule has 7 heteroatoms. The van der Waals surface area contributed by atoms with Crippen LogP contribution in [-0.4, -0.2) is 39.1 Å². The molecule has 1 fully saturated rings. The van der Waals surface area contributed by atoms with E-state index in [4.69, 9.17) is 4.42 Å². The summed E-state index contributed by atoms with van der Waals surface area (Å²) in [4.78, 5) is 19.3. The van der Waals surface area contributed by atoms with Crippen LogP contribution < -0.4 is 0 Å². The summed E-state index contributed by atoms with van der Waals surface area (Å²) < 4.78 is 20.1. The number of piperidine rings is 1. The number of carbonyl (C=O) groups is 1. The quantitative estimate of drug-likeness (QED) is 0.493. The van der Waals surface area contributed by atoms with Crippen molar-refractivity contribution in [2.75, 3.05) is 13.1 Å². The Bertz CT molecular complexity index is 1220. The standard InChI is InChI=1S/C25H23FN4O2/c26-21-11-5-4-10-20(21)22-14-23(29-28-22)25(31)30-12-6-9-18(16-30)24-27-15-19(32-24)13-17-7-2-1-3-8-17/h1-5,7-8,10-11,14-15,18H,6,9,12-13,16H2,(H,28,29)/t18-/m1/s1. The van der Waals surface area contributed by atoms with E-state index < -0.39 is 0 Å². The van der Waals surface area contributed by atoms with Crippen LogP contribution >= 0.6 is 0 Å². The molecule has 4 aromatic rings. The molecule has 1 amide bonds. The fraction of sp³-hybridized carbons (Fsp3) is 0.240. The minimum atomic E-state index is -0.369. The van der Waals surface area contributed by atoms with Gasteiger partial charge in [0.05, 0.1) is 17.8 Å². The molecule has 1 aliphatic rings. The molecule has 0 spiro atoms. The predicted molar refractivity (Wildman–Crippen MR) is 118 cm³/mol. The van der Waals surface area contributed by atoms with Crippen molar-refractivity contribution < 1.29 is 13.6 Å². The number of aromatic amines is 1. The number of amides is 1. The lowest BCUT2D eigenvalue weighted by molar-refractivity contribution is 0.0692. The molecule has 162 valence electrons. The molecule has 1 atom stereocenters. The molecule has 1 saturated heterocycles. The first-order chi connectivity index (χ1) is 15.7. The van der Waals surface area contributed by atoms with Crippen LogP contribution in [0.1, 0.15) is 46.5 Å². The summed E-state index contributed by atoms with van der Waals surface area (Å²) in [6.45, 7) is 1.18. The van der Waals surface area contributed by atoms with Crippen molar-refractivity contribution in [2.45, 2.75) is 25.2 Å². The van der Waals surface area contributed by atoms with Crippen LogP contribution in [0.5, 0.6) is 0 Å².